The lowest BCUT2D eigenvalue weighted by Crippen LogP contribution is -2.28. The van der Waals surface area contributed by atoms with Crippen LogP contribution in [0.3, 0.4) is 0 Å². The van der Waals surface area contributed by atoms with Gasteiger partial charge < -0.3 is 10.1 Å². The number of methoxy groups -OCH3 is 1. The zero-order valence-corrected chi connectivity index (χ0v) is 9.51. The van der Waals surface area contributed by atoms with Crippen molar-refractivity contribution < 1.29 is 4.74 Å². The van der Waals surface area contributed by atoms with Gasteiger partial charge in [-0.2, -0.15) is 0 Å². The monoisotopic (exact) mass is 224 g/mol. The number of halogens is 1. The summed E-state index contributed by atoms with van der Waals surface area (Å²) in [5.41, 5.74) is 0.853. The maximum Gasteiger partial charge on any atom is 0.133 e. The fourth-order valence-corrected chi connectivity index (χ4v) is 1.86. The van der Waals surface area contributed by atoms with Crippen LogP contribution in [0.2, 0.25) is 5.02 Å². The van der Waals surface area contributed by atoms with Crippen molar-refractivity contribution in [2.75, 3.05) is 13.7 Å². The highest BCUT2D eigenvalue weighted by Gasteiger charge is 2.19. The second-order valence-corrected chi connectivity index (χ2v) is 3.96. The average Bonchev–Trinajstić information content (AvgIpc) is 2.64. The third kappa shape index (κ3) is 1.92. The van der Waals surface area contributed by atoms with Gasteiger partial charge >= 0.3 is 0 Å². The molecule has 15 heavy (non-hydrogen) atoms. The van der Waals surface area contributed by atoms with Crippen molar-refractivity contribution in [2.45, 2.75) is 13.0 Å². The number of rotatable bonds is 2. The Hall–Kier alpha value is -1.22. The zero-order chi connectivity index (χ0) is 10.8. The Kier molecular flexibility index (Phi) is 2.82. The molecule has 1 aromatic carbocycles. The van der Waals surface area contributed by atoms with E-state index < -0.39 is 0 Å². The molecular weight excluding hydrogens is 212 g/mol. The van der Waals surface area contributed by atoms with Crippen molar-refractivity contribution >= 4 is 17.4 Å². The molecule has 1 atom stereocenters. The third-order valence-corrected chi connectivity index (χ3v) is 2.65. The molecule has 1 aliphatic heterocycles. The molecule has 1 unspecified atom stereocenters. The van der Waals surface area contributed by atoms with Crippen LogP contribution in [-0.4, -0.2) is 25.5 Å². The van der Waals surface area contributed by atoms with Gasteiger partial charge in [-0.1, -0.05) is 17.7 Å². The Labute approximate surface area is 94.1 Å². The maximum atomic E-state index is 6.14. The highest BCUT2D eigenvalue weighted by molar-refractivity contribution is 6.34. The summed E-state index contributed by atoms with van der Waals surface area (Å²) in [4.78, 5) is 4.40. The fourth-order valence-electron chi connectivity index (χ4n) is 1.61. The standard InChI is InChI=1S/C11H13ClN2O/c1-7-6-13-11(14-7)10-8(12)4-3-5-9(10)15-2/h3-5,7H,6H2,1-2H3,(H,13,14). The molecule has 0 saturated heterocycles. The van der Waals surface area contributed by atoms with Gasteiger partial charge in [-0.05, 0) is 19.1 Å². The zero-order valence-electron chi connectivity index (χ0n) is 8.75. The molecule has 0 bridgehead atoms. The number of amidine groups is 1. The molecule has 1 aromatic rings. The molecule has 0 spiro atoms. The number of hydrogen-bond donors (Lipinski definition) is 1. The molecular formula is C11H13ClN2O. The minimum atomic E-state index is 0.362. The molecule has 0 aromatic heterocycles. The van der Waals surface area contributed by atoms with Gasteiger partial charge in [-0.15, -0.1) is 0 Å². The normalized spacial score (nSPS) is 19.7. The summed E-state index contributed by atoms with van der Waals surface area (Å²) in [5.74, 6) is 1.58. The molecule has 1 heterocycles. The smallest absolute Gasteiger partial charge is 0.133 e. The van der Waals surface area contributed by atoms with Crippen LogP contribution in [0.1, 0.15) is 12.5 Å². The molecule has 0 amide bonds. The van der Waals surface area contributed by atoms with Crippen LogP contribution >= 0.6 is 11.6 Å². The number of nitrogens with zero attached hydrogens (tertiary/aromatic N) is 1. The summed E-state index contributed by atoms with van der Waals surface area (Å²) in [6.45, 7) is 2.86. The van der Waals surface area contributed by atoms with E-state index >= 15 is 0 Å². The van der Waals surface area contributed by atoms with Crippen LogP contribution in [0.4, 0.5) is 0 Å². The Morgan fingerprint density at radius 1 is 1.53 bits per heavy atom. The minimum Gasteiger partial charge on any atom is -0.496 e. The Balaban J connectivity index is 2.43. The topological polar surface area (TPSA) is 33.6 Å². The Bertz CT molecular complexity index is 404. The summed E-state index contributed by atoms with van der Waals surface area (Å²) in [7, 11) is 1.63. The first-order valence-electron chi connectivity index (χ1n) is 4.86. The first kappa shape index (κ1) is 10.3. The molecule has 1 aliphatic rings. The van der Waals surface area contributed by atoms with E-state index in [9.17, 15) is 0 Å². The second kappa shape index (κ2) is 4.11. The first-order chi connectivity index (χ1) is 7.22. The number of hydrogen-bond acceptors (Lipinski definition) is 3. The summed E-state index contributed by atoms with van der Waals surface area (Å²) in [6, 6.07) is 5.95. The average molecular weight is 225 g/mol. The fraction of sp³-hybridized carbons (Fsp3) is 0.364. The van der Waals surface area contributed by atoms with Crippen molar-refractivity contribution in [2.24, 2.45) is 4.99 Å². The van der Waals surface area contributed by atoms with Gasteiger partial charge in [-0.25, -0.2) is 0 Å². The minimum absolute atomic E-state index is 0.362. The molecule has 3 nitrogen and oxygen atoms in total. The van der Waals surface area contributed by atoms with Gasteiger partial charge in [0.05, 0.1) is 24.2 Å². The number of nitrogens with one attached hydrogen (secondary N) is 1. The largest absolute Gasteiger partial charge is 0.496 e. The van der Waals surface area contributed by atoms with E-state index in [2.05, 4.69) is 17.2 Å². The molecule has 0 fully saturated rings. The summed E-state index contributed by atoms with van der Waals surface area (Å²) >= 11 is 6.14. The van der Waals surface area contributed by atoms with Crippen LogP contribution < -0.4 is 10.1 Å². The summed E-state index contributed by atoms with van der Waals surface area (Å²) < 4.78 is 5.27. The van der Waals surface area contributed by atoms with Crippen LogP contribution in [-0.2, 0) is 0 Å². The van der Waals surface area contributed by atoms with E-state index in [1.54, 1.807) is 7.11 Å². The Morgan fingerprint density at radius 2 is 2.33 bits per heavy atom. The van der Waals surface area contributed by atoms with Gasteiger partial charge in [-0.3, -0.25) is 4.99 Å². The van der Waals surface area contributed by atoms with E-state index in [1.165, 1.54) is 0 Å². The van der Waals surface area contributed by atoms with E-state index in [-0.39, 0.29) is 0 Å². The summed E-state index contributed by atoms with van der Waals surface area (Å²) in [6.07, 6.45) is 0. The quantitative estimate of drug-likeness (QED) is 0.835. The van der Waals surface area contributed by atoms with Crippen LogP contribution in [0.5, 0.6) is 5.75 Å². The lowest BCUT2D eigenvalue weighted by molar-refractivity contribution is 0.414. The highest BCUT2D eigenvalue weighted by atomic mass is 35.5. The predicted molar refractivity (Wildman–Crippen MR) is 62.0 cm³/mol. The molecule has 1 N–H and O–H groups in total. The predicted octanol–water partition coefficient (Wildman–Crippen LogP) is 2.09. The van der Waals surface area contributed by atoms with E-state index in [0.717, 1.165) is 23.7 Å². The molecule has 2 rings (SSSR count). The van der Waals surface area contributed by atoms with Crippen molar-refractivity contribution in [3.63, 3.8) is 0 Å². The highest BCUT2D eigenvalue weighted by Crippen LogP contribution is 2.27. The number of ether oxygens (including phenoxy) is 1. The van der Waals surface area contributed by atoms with Gasteiger partial charge in [0.15, 0.2) is 0 Å². The van der Waals surface area contributed by atoms with Crippen LogP contribution in [0, 0.1) is 0 Å². The van der Waals surface area contributed by atoms with Crippen molar-refractivity contribution in [1.29, 1.82) is 0 Å². The van der Waals surface area contributed by atoms with Crippen molar-refractivity contribution in [3.8, 4) is 5.75 Å². The number of aliphatic imine (C=N–C) groups is 1. The molecule has 4 heteroatoms. The molecule has 80 valence electrons. The first-order valence-corrected chi connectivity index (χ1v) is 5.24. The molecule has 0 aliphatic carbocycles. The van der Waals surface area contributed by atoms with E-state index in [1.807, 2.05) is 18.2 Å². The molecule has 0 saturated carbocycles. The lowest BCUT2D eigenvalue weighted by atomic mass is 10.2. The van der Waals surface area contributed by atoms with E-state index in [0.29, 0.717) is 11.1 Å². The van der Waals surface area contributed by atoms with Crippen LogP contribution in [0.15, 0.2) is 23.2 Å². The van der Waals surface area contributed by atoms with Crippen molar-refractivity contribution in [3.05, 3.63) is 28.8 Å². The molecule has 0 radical (unpaired) electrons. The number of benzene rings is 1. The van der Waals surface area contributed by atoms with Gasteiger partial charge in [0, 0.05) is 6.04 Å². The van der Waals surface area contributed by atoms with E-state index in [4.69, 9.17) is 16.3 Å². The SMILES string of the molecule is COc1cccc(Cl)c1C1=NCC(C)N1. The second-order valence-electron chi connectivity index (χ2n) is 3.55. The third-order valence-electron chi connectivity index (χ3n) is 2.34. The maximum absolute atomic E-state index is 6.14. The van der Waals surface area contributed by atoms with Gasteiger partial charge in [0.1, 0.15) is 11.6 Å². The lowest BCUT2D eigenvalue weighted by Gasteiger charge is -2.11. The van der Waals surface area contributed by atoms with Gasteiger partial charge in [0.2, 0.25) is 0 Å². The van der Waals surface area contributed by atoms with Gasteiger partial charge in [0.25, 0.3) is 0 Å². The van der Waals surface area contributed by atoms with Crippen molar-refractivity contribution in [1.82, 2.24) is 5.32 Å². The summed E-state index contributed by atoms with van der Waals surface area (Å²) in [5, 5.41) is 3.93. The van der Waals surface area contributed by atoms with Crippen LogP contribution in [0.25, 0.3) is 0 Å². The Morgan fingerprint density at radius 3 is 2.93 bits per heavy atom.